The van der Waals surface area contributed by atoms with Gasteiger partial charge in [-0.05, 0) is 49.2 Å². The number of nitrogens with one attached hydrogen (secondary N) is 1. The van der Waals surface area contributed by atoms with Gasteiger partial charge in [0.25, 0.3) is 0 Å². The Hall–Kier alpha value is -3.36. The SMILES string of the molecule is C=C/C(=C\N=C(C)SC(C=O)CO)c1ccc2c(c1)OC(C)CN2C(=O)Nc1ccccc1. The van der Waals surface area contributed by atoms with E-state index in [1.165, 1.54) is 11.8 Å². The zero-order valence-corrected chi connectivity index (χ0v) is 19.4. The van der Waals surface area contributed by atoms with Crippen LogP contribution in [-0.4, -0.2) is 47.0 Å². The van der Waals surface area contributed by atoms with Crippen LogP contribution in [0.2, 0.25) is 0 Å². The van der Waals surface area contributed by atoms with Gasteiger partial charge in [0.2, 0.25) is 0 Å². The number of nitrogens with zero attached hydrogens (tertiary/aromatic N) is 2. The monoisotopic (exact) mass is 465 g/mol. The van der Waals surface area contributed by atoms with Crippen LogP contribution in [0.15, 0.2) is 72.4 Å². The normalized spacial score (nSPS) is 16.9. The van der Waals surface area contributed by atoms with Gasteiger partial charge in [-0.15, -0.1) is 0 Å². The first kappa shape index (κ1) is 24.3. The quantitative estimate of drug-likeness (QED) is 0.267. The summed E-state index contributed by atoms with van der Waals surface area (Å²) in [6.45, 7) is 7.74. The van der Waals surface area contributed by atoms with Gasteiger partial charge in [-0.1, -0.05) is 48.7 Å². The number of para-hydroxylation sites is 1. The minimum Gasteiger partial charge on any atom is -0.487 e. The molecule has 2 amide bonds. The van der Waals surface area contributed by atoms with Gasteiger partial charge in [0.1, 0.15) is 18.1 Å². The van der Waals surface area contributed by atoms with Gasteiger partial charge >= 0.3 is 6.03 Å². The summed E-state index contributed by atoms with van der Waals surface area (Å²) < 4.78 is 6.02. The molecule has 2 aromatic rings. The fourth-order valence-electron chi connectivity index (χ4n) is 3.29. The lowest BCUT2D eigenvalue weighted by molar-refractivity contribution is -0.107. The predicted molar refractivity (Wildman–Crippen MR) is 135 cm³/mol. The summed E-state index contributed by atoms with van der Waals surface area (Å²) in [6, 6.07) is 14.7. The highest BCUT2D eigenvalue weighted by molar-refractivity contribution is 8.14. The minimum atomic E-state index is -0.541. The molecule has 0 aliphatic carbocycles. The number of amides is 2. The predicted octanol–water partition coefficient (Wildman–Crippen LogP) is 4.74. The van der Waals surface area contributed by atoms with Gasteiger partial charge in [-0.3, -0.25) is 9.89 Å². The number of aliphatic hydroxyl groups excluding tert-OH is 1. The molecule has 2 N–H and O–H groups in total. The molecule has 33 heavy (non-hydrogen) atoms. The molecule has 1 aliphatic rings. The summed E-state index contributed by atoms with van der Waals surface area (Å²) >= 11 is 1.20. The van der Waals surface area contributed by atoms with E-state index in [-0.39, 0.29) is 18.7 Å². The van der Waals surface area contributed by atoms with E-state index in [9.17, 15) is 9.59 Å². The van der Waals surface area contributed by atoms with E-state index in [0.29, 0.717) is 29.3 Å². The van der Waals surface area contributed by atoms with Crippen molar-refractivity contribution in [2.24, 2.45) is 4.99 Å². The number of aliphatic hydroxyl groups is 1. The second-order valence-electron chi connectivity index (χ2n) is 7.43. The number of thioether (sulfide) groups is 1. The largest absolute Gasteiger partial charge is 0.487 e. The summed E-state index contributed by atoms with van der Waals surface area (Å²) in [6.07, 6.45) is 3.85. The molecule has 0 fully saturated rings. The Labute approximate surface area is 197 Å². The molecule has 0 spiro atoms. The topological polar surface area (TPSA) is 91.2 Å². The molecule has 0 saturated heterocycles. The maximum absolute atomic E-state index is 12.9. The fourth-order valence-corrected chi connectivity index (χ4v) is 3.97. The third-order valence-electron chi connectivity index (χ3n) is 4.88. The van der Waals surface area contributed by atoms with Gasteiger partial charge in [-0.25, -0.2) is 4.79 Å². The van der Waals surface area contributed by atoms with Gasteiger partial charge < -0.3 is 20.0 Å². The van der Waals surface area contributed by atoms with Crippen LogP contribution in [0.1, 0.15) is 19.4 Å². The Kier molecular flexibility index (Phi) is 8.46. The number of ether oxygens (including phenoxy) is 1. The van der Waals surface area contributed by atoms with Crippen LogP contribution in [0.25, 0.3) is 5.57 Å². The zero-order valence-electron chi connectivity index (χ0n) is 18.6. The van der Waals surface area contributed by atoms with Crippen molar-refractivity contribution in [1.29, 1.82) is 0 Å². The average molecular weight is 466 g/mol. The number of aliphatic imine (C=N–C) groups is 1. The molecule has 2 unspecified atom stereocenters. The summed E-state index contributed by atoms with van der Waals surface area (Å²) in [7, 11) is 0. The zero-order chi connectivity index (χ0) is 23.8. The van der Waals surface area contributed by atoms with Crippen LogP contribution in [0.3, 0.4) is 0 Å². The molecule has 172 valence electrons. The van der Waals surface area contributed by atoms with Crippen LogP contribution in [0.5, 0.6) is 5.75 Å². The van der Waals surface area contributed by atoms with E-state index < -0.39 is 5.25 Å². The number of anilines is 2. The van der Waals surface area contributed by atoms with Crippen molar-refractivity contribution >= 4 is 46.1 Å². The number of aldehydes is 1. The molecule has 8 heteroatoms. The molecule has 3 rings (SSSR count). The number of hydrogen-bond acceptors (Lipinski definition) is 6. The Balaban J connectivity index is 1.84. The Morgan fingerprint density at radius 1 is 1.36 bits per heavy atom. The fraction of sp³-hybridized carbons (Fsp3) is 0.240. The van der Waals surface area contributed by atoms with Crippen molar-refractivity contribution in [2.45, 2.75) is 25.2 Å². The molecule has 0 radical (unpaired) electrons. The van der Waals surface area contributed by atoms with E-state index in [4.69, 9.17) is 9.84 Å². The van der Waals surface area contributed by atoms with Crippen LogP contribution in [0.4, 0.5) is 16.2 Å². The minimum absolute atomic E-state index is 0.180. The van der Waals surface area contributed by atoms with Crippen molar-refractivity contribution < 1.29 is 19.4 Å². The summed E-state index contributed by atoms with van der Waals surface area (Å²) in [4.78, 5) is 29.9. The van der Waals surface area contributed by atoms with E-state index in [1.807, 2.05) is 55.5 Å². The third-order valence-corrected chi connectivity index (χ3v) is 5.89. The highest BCUT2D eigenvalue weighted by Crippen LogP contribution is 2.36. The van der Waals surface area contributed by atoms with Gasteiger partial charge in [0, 0.05) is 11.9 Å². The Morgan fingerprint density at radius 3 is 2.79 bits per heavy atom. The number of rotatable bonds is 7. The molecule has 2 aromatic carbocycles. The second-order valence-corrected chi connectivity index (χ2v) is 8.86. The highest BCUT2D eigenvalue weighted by Gasteiger charge is 2.28. The molecule has 0 saturated carbocycles. The van der Waals surface area contributed by atoms with Crippen LogP contribution in [0, 0.1) is 0 Å². The van der Waals surface area contributed by atoms with E-state index in [1.54, 1.807) is 24.1 Å². The third kappa shape index (κ3) is 6.34. The summed E-state index contributed by atoms with van der Waals surface area (Å²) in [5, 5.41) is 12.2. The lowest BCUT2D eigenvalue weighted by atomic mass is 10.0. The average Bonchev–Trinajstić information content (AvgIpc) is 2.82. The van der Waals surface area contributed by atoms with Crippen molar-refractivity contribution in [3.8, 4) is 5.75 Å². The van der Waals surface area contributed by atoms with Crippen LogP contribution < -0.4 is 15.0 Å². The van der Waals surface area contributed by atoms with E-state index in [0.717, 1.165) is 16.8 Å². The number of urea groups is 1. The molecular weight excluding hydrogens is 438 g/mol. The number of carbonyl (C=O) groups excluding carboxylic acids is 2. The van der Waals surface area contributed by atoms with Gasteiger partial charge in [-0.2, -0.15) is 0 Å². The smallest absolute Gasteiger partial charge is 0.326 e. The second kappa shape index (κ2) is 11.5. The summed E-state index contributed by atoms with van der Waals surface area (Å²) in [5.41, 5.74) is 2.99. The van der Waals surface area contributed by atoms with Crippen molar-refractivity contribution in [1.82, 2.24) is 0 Å². The lowest BCUT2D eigenvalue weighted by Gasteiger charge is -2.33. The first-order valence-corrected chi connectivity index (χ1v) is 11.4. The maximum Gasteiger partial charge on any atom is 0.326 e. The Bertz CT molecular complexity index is 1070. The standard InChI is InChI=1S/C25H27N3O4S/c1-4-19(13-26-18(3)33-22(15-29)16-30)20-10-11-23-24(12-20)32-17(2)14-28(23)25(31)27-21-8-6-5-7-9-21/h4-13,15,17,22,30H,1,14,16H2,2-3H3,(H,27,31)/b19-13+,26-18?. The van der Waals surface area contributed by atoms with Gasteiger partial charge in [0.05, 0.1) is 29.1 Å². The number of hydrogen-bond donors (Lipinski definition) is 2. The molecular formula is C25H27N3O4S. The number of benzene rings is 2. The number of fused-ring (bicyclic) bond motifs is 1. The number of allylic oxidation sites excluding steroid dienone is 2. The maximum atomic E-state index is 12.9. The van der Waals surface area contributed by atoms with E-state index in [2.05, 4.69) is 16.9 Å². The Morgan fingerprint density at radius 2 is 2.12 bits per heavy atom. The molecule has 2 atom stereocenters. The van der Waals surface area contributed by atoms with Crippen LogP contribution >= 0.6 is 11.8 Å². The molecule has 7 nitrogen and oxygen atoms in total. The molecule has 1 heterocycles. The highest BCUT2D eigenvalue weighted by atomic mass is 32.2. The van der Waals surface area contributed by atoms with Crippen LogP contribution in [-0.2, 0) is 4.79 Å². The lowest BCUT2D eigenvalue weighted by Crippen LogP contribution is -2.44. The summed E-state index contributed by atoms with van der Waals surface area (Å²) in [5.74, 6) is 0.596. The van der Waals surface area contributed by atoms with Crippen molar-refractivity contribution in [2.75, 3.05) is 23.4 Å². The van der Waals surface area contributed by atoms with Crippen molar-refractivity contribution in [3.63, 3.8) is 0 Å². The van der Waals surface area contributed by atoms with Gasteiger partial charge in [0.15, 0.2) is 0 Å². The first-order valence-electron chi connectivity index (χ1n) is 10.5. The number of carbonyl (C=O) groups is 2. The molecule has 1 aliphatic heterocycles. The first-order chi connectivity index (χ1) is 15.9. The van der Waals surface area contributed by atoms with E-state index >= 15 is 0 Å². The molecule has 0 aromatic heterocycles. The van der Waals surface area contributed by atoms with Crippen molar-refractivity contribution in [3.05, 3.63) is 72.9 Å². The molecule has 0 bridgehead atoms.